The van der Waals surface area contributed by atoms with E-state index in [0.717, 1.165) is 28.6 Å². The second-order valence-electron chi connectivity index (χ2n) is 6.01. The Kier molecular flexibility index (Phi) is 6.42. The molecule has 0 spiro atoms. The fraction of sp³-hybridized carbons (Fsp3) is 0.0500. The maximum Gasteiger partial charge on any atom is 0.264 e. The second kappa shape index (κ2) is 8.82. The highest BCUT2D eigenvalue weighted by Crippen LogP contribution is 2.25. The van der Waals surface area contributed by atoms with Gasteiger partial charge in [0.1, 0.15) is 12.4 Å². The van der Waals surface area contributed by atoms with E-state index in [1.54, 1.807) is 30.3 Å². The molecule has 0 aliphatic carbocycles. The van der Waals surface area contributed by atoms with Crippen molar-refractivity contribution in [2.75, 3.05) is 16.2 Å². The van der Waals surface area contributed by atoms with Gasteiger partial charge in [-0.2, -0.15) is 0 Å². The second-order valence-corrected chi connectivity index (χ2v) is 8.74. The third-order valence-corrected chi connectivity index (χ3v) is 6.10. The Morgan fingerprint density at radius 3 is 2.10 bits per heavy atom. The molecule has 0 fully saturated rings. The van der Waals surface area contributed by atoms with E-state index in [2.05, 4.69) is 5.32 Å². The van der Waals surface area contributed by atoms with Gasteiger partial charge in [0.05, 0.1) is 10.6 Å². The van der Waals surface area contributed by atoms with E-state index in [1.165, 1.54) is 18.2 Å². The van der Waals surface area contributed by atoms with Crippen molar-refractivity contribution in [3.63, 3.8) is 0 Å². The number of nitrogens with one attached hydrogen (secondary N) is 1. The molecule has 1 N–H and O–H groups in total. The van der Waals surface area contributed by atoms with Gasteiger partial charge < -0.3 is 5.32 Å². The Balaban J connectivity index is 1.92. The normalized spacial score (nSPS) is 11.1. The molecule has 0 aliphatic rings. The first-order chi connectivity index (χ1) is 13.8. The Bertz CT molecular complexity index is 1100. The number of amides is 1. The van der Waals surface area contributed by atoms with Gasteiger partial charge in [-0.25, -0.2) is 12.8 Å². The van der Waals surface area contributed by atoms with Crippen molar-refractivity contribution in [1.82, 2.24) is 0 Å². The van der Waals surface area contributed by atoms with Crippen LogP contribution in [-0.2, 0) is 14.8 Å². The fourth-order valence-corrected chi connectivity index (χ4v) is 4.55. The Labute approximate surface area is 177 Å². The summed E-state index contributed by atoms with van der Waals surface area (Å²) in [6.07, 6.45) is 0. The van der Waals surface area contributed by atoms with Crippen LogP contribution >= 0.6 is 23.2 Å². The molecule has 0 atom stereocenters. The Morgan fingerprint density at radius 1 is 0.931 bits per heavy atom. The molecular formula is C20H15Cl2FN2O3S. The summed E-state index contributed by atoms with van der Waals surface area (Å²) in [5, 5.41) is 3.23. The molecule has 0 bridgehead atoms. The van der Waals surface area contributed by atoms with E-state index in [1.807, 2.05) is 0 Å². The van der Waals surface area contributed by atoms with E-state index in [9.17, 15) is 17.6 Å². The SMILES string of the molecule is O=C(CN(c1ccccc1)S(=O)(=O)c1ccc(F)cc1)Nc1cc(Cl)cc(Cl)c1. The van der Waals surface area contributed by atoms with Crippen LogP contribution < -0.4 is 9.62 Å². The highest BCUT2D eigenvalue weighted by atomic mass is 35.5. The van der Waals surface area contributed by atoms with Crippen LogP contribution in [0.4, 0.5) is 15.8 Å². The first-order valence-corrected chi connectivity index (χ1v) is 10.5. The molecule has 3 aromatic rings. The Hall–Kier alpha value is -2.61. The van der Waals surface area contributed by atoms with Gasteiger partial charge in [0.2, 0.25) is 5.91 Å². The zero-order valence-electron chi connectivity index (χ0n) is 14.8. The summed E-state index contributed by atoms with van der Waals surface area (Å²) < 4.78 is 40.4. The molecular weight excluding hydrogens is 438 g/mol. The number of carbonyl (C=O) groups is 1. The third kappa shape index (κ3) is 5.26. The van der Waals surface area contributed by atoms with Crippen molar-refractivity contribution in [3.8, 4) is 0 Å². The quantitative estimate of drug-likeness (QED) is 0.574. The summed E-state index contributed by atoms with van der Waals surface area (Å²) in [6.45, 7) is -0.506. The van der Waals surface area contributed by atoms with Crippen molar-refractivity contribution in [2.24, 2.45) is 0 Å². The number of benzene rings is 3. The average Bonchev–Trinajstić information content (AvgIpc) is 2.66. The smallest absolute Gasteiger partial charge is 0.264 e. The monoisotopic (exact) mass is 452 g/mol. The van der Waals surface area contributed by atoms with Crippen LogP contribution in [0.2, 0.25) is 10.0 Å². The van der Waals surface area contributed by atoms with Crippen LogP contribution in [0.15, 0.2) is 77.7 Å². The lowest BCUT2D eigenvalue weighted by Gasteiger charge is -2.24. The van der Waals surface area contributed by atoms with Crippen LogP contribution in [0.25, 0.3) is 0 Å². The van der Waals surface area contributed by atoms with E-state index >= 15 is 0 Å². The summed E-state index contributed by atoms with van der Waals surface area (Å²) in [6, 6.07) is 17.0. The molecule has 0 saturated heterocycles. The first kappa shape index (κ1) is 21.1. The number of sulfonamides is 1. The first-order valence-electron chi connectivity index (χ1n) is 8.35. The van der Waals surface area contributed by atoms with E-state index in [4.69, 9.17) is 23.2 Å². The molecule has 0 aromatic heterocycles. The number of nitrogens with zero attached hydrogens (tertiary/aromatic N) is 1. The molecule has 3 aromatic carbocycles. The summed E-state index contributed by atoms with van der Waals surface area (Å²) in [5.41, 5.74) is 0.621. The topological polar surface area (TPSA) is 66.5 Å². The van der Waals surface area contributed by atoms with Crippen molar-refractivity contribution < 1.29 is 17.6 Å². The van der Waals surface area contributed by atoms with Gasteiger partial charge in [0, 0.05) is 15.7 Å². The highest BCUT2D eigenvalue weighted by molar-refractivity contribution is 7.92. The molecule has 0 saturated carbocycles. The van der Waals surface area contributed by atoms with Gasteiger partial charge in [-0.15, -0.1) is 0 Å². The molecule has 3 rings (SSSR count). The van der Waals surface area contributed by atoms with E-state index < -0.39 is 28.3 Å². The van der Waals surface area contributed by atoms with Crippen LogP contribution in [-0.4, -0.2) is 20.9 Å². The number of hydrogen-bond acceptors (Lipinski definition) is 3. The molecule has 9 heteroatoms. The zero-order chi connectivity index (χ0) is 21.0. The third-order valence-electron chi connectivity index (χ3n) is 3.88. The van der Waals surface area contributed by atoms with Gasteiger partial charge >= 0.3 is 0 Å². The number of halogens is 3. The Morgan fingerprint density at radius 2 is 1.52 bits per heavy atom. The minimum absolute atomic E-state index is 0.138. The number of para-hydroxylation sites is 1. The van der Waals surface area contributed by atoms with Crippen molar-refractivity contribution >= 4 is 50.5 Å². The molecule has 5 nitrogen and oxygen atoms in total. The minimum Gasteiger partial charge on any atom is -0.324 e. The molecule has 0 radical (unpaired) electrons. The lowest BCUT2D eigenvalue weighted by molar-refractivity contribution is -0.114. The van der Waals surface area contributed by atoms with Gasteiger partial charge in [-0.3, -0.25) is 9.10 Å². The van der Waals surface area contributed by atoms with E-state index in [0.29, 0.717) is 15.7 Å². The number of anilines is 2. The largest absolute Gasteiger partial charge is 0.324 e. The predicted molar refractivity (Wildman–Crippen MR) is 112 cm³/mol. The van der Waals surface area contributed by atoms with Crippen LogP contribution in [0.5, 0.6) is 0 Å². The molecule has 0 unspecified atom stereocenters. The number of hydrogen-bond donors (Lipinski definition) is 1. The summed E-state index contributed by atoms with van der Waals surface area (Å²) in [7, 11) is -4.12. The van der Waals surface area contributed by atoms with Gasteiger partial charge in [0.25, 0.3) is 10.0 Å². The standard InChI is InChI=1S/C20H15Cl2FN2O3S/c21-14-10-15(22)12-17(11-14)24-20(26)13-25(18-4-2-1-3-5-18)29(27,28)19-8-6-16(23)7-9-19/h1-12H,13H2,(H,24,26). The fourth-order valence-electron chi connectivity index (χ4n) is 2.60. The van der Waals surface area contributed by atoms with Gasteiger partial charge in [-0.1, -0.05) is 41.4 Å². The molecule has 0 aliphatic heterocycles. The van der Waals surface area contributed by atoms with Crippen LogP contribution in [0, 0.1) is 5.82 Å². The summed E-state index contributed by atoms with van der Waals surface area (Å²) in [4.78, 5) is 12.4. The van der Waals surface area contributed by atoms with Crippen molar-refractivity contribution in [1.29, 1.82) is 0 Å². The summed E-state index contributed by atoms with van der Waals surface area (Å²) in [5.74, 6) is -1.16. The lowest BCUT2D eigenvalue weighted by atomic mass is 10.3. The lowest BCUT2D eigenvalue weighted by Crippen LogP contribution is -2.38. The number of rotatable bonds is 6. The highest BCUT2D eigenvalue weighted by Gasteiger charge is 2.27. The van der Waals surface area contributed by atoms with E-state index in [-0.39, 0.29) is 10.6 Å². The van der Waals surface area contributed by atoms with Crippen LogP contribution in [0.1, 0.15) is 0 Å². The predicted octanol–water partition coefficient (Wildman–Crippen LogP) is 4.97. The summed E-state index contributed by atoms with van der Waals surface area (Å²) >= 11 is 11.9. The maximum absolute atomic E-state index is 13.2. The van der Waals surface area contributed by atoms with Gasteiger partial charge in [-0.05, 0) is 54.6 Å². The average molecular weight is 453 g/mol. The molecule has 150 valence electrons. The number of carbonyl (C=O) groups excluding carboxylic acids is 1. The van der Waals surface area contributed by atoms with Crippen molar-refractivity contribution in [2.45, 2.75) is 4.90 Å². The minimum atomic E-state index is -4.12. The molecule has 29 heavy (non-hydrogen) atoms. The molecule has 1 amide bonds. The maximum atomic E-state index is 13.2. The van der Waals surface area contributed by atoms with Crippen LogP contribution in [0.3, 0.4) is 0 Å². The van der Waals surface area contributed by atoms with Crippen molar-refractivity contribution in [3.05, 3.63) is 88.7 Å². The molecule has 0 heterocycles. The zero-order valence-corrected chi connectivity index (χ0v) is 17.2. The van der Waals surface area contributed by atoms with Gasteiger partial charge in [0.15, 0.2) is 0 Å².